The van der Waals surface area contributed by atoms with E-state index in [1.54, 1.807) is 18.9 Å². The molecule has 2 aliphatic rings. The Kier molecular flexibility index (Phi) is 5.31. The number of amides is 1. The highest BCUT2D eigenvalue weighted by molar-refractivity contribution is 6.32. The Morgan fingerprint density at radius 2 is 1.72 bits per heavy atom. The molecule has 166 valence electrons. The minimum Gasteiger partial charge on any atom is -0.493 e. The van der Waals surface area contributed by atoms with Crippen molar-refractivity contribution in [3.63, 3.8) is 0 Å². The molecule has 1 aliphatic heterocycles. The number of hydrogen-bond donors (Lipinski definition) is 0. The molecule has 1 saturated heterocycles. The lowest BCUT2D eigenvalue weighted by Gasteiger charge is -2.32. The van der Waals surface area contributed by atoms with Gasteiger partial charge in [0.25, 0.3) is 5.91 Å². The number of nitrogens with zero attached hydrogens (tertiary/aromatic N) is 4. The molecule has 0 N–H and O–H groups in total. The fourth-order valence-electron chi connectivity index (χ4n) is 4.50. The van der Waals surface area contributed by atoms with Gasteiger partial charge in [-0.3, -0.25) is 4.79 Å². The van der Waals surface area contributed by atoms with Crippen molar-refractivity contribution in [1.29, 1.82) is 0 Å². The third-order valence-corrected chi connectivity index (χ3v) is 6.61. The molecular weight excluding hydrogens is 428 g/mol. The van der Waals surface area contributed by atoms with Crippen LogP contribution in [0.25, 0.3) is 16.9 Å². The number of rotatable bonds is 4. The maximum Gasteiger partial charge on any atom is 0.274 e. The van der Waals surface area contributed by atoms with Gasteiger partial charge in [-0.1, -0.05) is 23.7 Å². The van der Waals surface area contributed by atoms with Gasteiger partial charge in [-0.25, -0.2) is 4.68 Å². The summed E-state index contributed by atoms with van der Waals surface area (Å²) >= 11 is 6.54. The van der Waals surface area contributed by atoms with E-state index in [1.807, 2.05) is 41.3 Å². The van der Waals surface area contributed by atoms with Gasteiger partial charge in [0.05, 0.1) is 30.6 Å². The monoisotopic (exact) mass is 452 g/mol. The van der Waals surface area contributed by atoms with E-state index < -0.39 is 0 Å². The zero-order valence-electron chi connectivity index (χ0n) is 18.4. The van der Waals surface area contributed by atoms with E-state index in [-0.39, 0.29) is 5.91 Å². The number of carbonyl (C=O) groups excluding carboxylic acids is 1. The Labute approximate surface area is 192 Å². The predicted molar refractivity (Wildman–Crippen MR) is 123 cm³/mol. The highest BCUT2D eigenvalue weighted by Crippen LogP contribution is 2.45. The number of fused-ring (bicyclic) bond motifs is 3. The van der Waals surface area contributed by atoms with Gasteiger partial charge in [-0.15, -0.1) is 0 Å². The molecule has 0 atom stereocenters. The highest BCUT2D eigenvalue weighted by atomic mass is 35.5. The molecule has 1 aliphatic carbocycles. The summed E-state index contributed by atoms with van der Waals surface area (Å²) in [5.74, 6) is 1.27. The molecular formula is C24H25ClN4O3. The van der Waals surface area contributed by atoms with Crippen molar-refractivity contribution in [3.8, 4) is 28.4 Å². The fraction of sp³-hybridized carbons (Fsp3) is 0.333. The molecule has 1 aromatic heterocycles. The molecule has 0 unspecified atom stereocenters. The maximum absolute atomic E-state index is 13.5. The van der Waals surface area contributed by atoms with Crippen LogP contribution in [0, 0.1) is 0 Å². The summed E-state index contributed by atoms with van der Waals surface area (Å²) in [4.78, 5) is 17.7. The van der Waals surface area contributed by atoms with Gasteiger partial charge in [0.15, 0.2) is 17.2 Å². The van der Waals surface area contributed by atoms with Crippen LogP contribution < -0.4 is 9.47 Å². The summed E-state index contributed by atoms with van der Waals surface area (Å²) in [6.45, 7) is 3.09. The van der Waals surface area contributed by atoms with Crippen LogP contribution in [-0.4, -0.2) is 72.9 Å². The molecule has 32 heavy (non-hydrogen) atoms. The predicted octanol–water partition coefficient (Wildman–Crippen LogP) is 3.50. The van der Waals surface area contributed by atoms with Crippen LogP contribution >= 0.6 is 11.6 Å². The quantitative estimate of drug-likeness (QED) is 0.474. The van der Waals surface area contributed by atoms with Crippen LogP contribution in [0.2, 0.25) is 5.02 Å². The average molecular weight is 453 g/mol. The summed E-state index contributed by atoms with van der Waals surface area (Å²) in [5, 5.41) is 5.38. The lowest BCUT2D eigenvalue weighted by Crippen LogP contribution is -2.47. The third-order valence-electron chi connectivity index (χ3n) is 6.29. The van der Waals surface area contributed by atoms with Gasteiger partial charge in [0.1, 0.15) is 0 Å². The van der Waals surface area contributed by atoms with E-state index in [9.17, 15) is 4.79 Å². The van der Waals surface area contributed by atoms with E-state index in [2.05, 4.69) is 11.9 Å². The van der Waals surface area contributed by atoms with Gasteiger partial charge in [-0.05, 0) is 36.9 Å². The molecule has 7 nitrogen and oxygen atoms in total. The second-order valence-electron chi connectivity index (χ2n) is 8.18. The molecule has 2 aromatic carbocycles. The molecule has 3 aromatic rings. The molecule has 0 bridgehead atoms. The molecule has 2 heterocycles. The molecule has 5 rings (SSSR count). The number of piperazine rings is 1. The van der Waals surface area contributed by atoms with E-state index >= 15 is 0 Å². The number of carbonyl (C=O) groups is 1. The second-order valence-corrected chi connectivity index (χ2v) is 8.58. The standard InChI is InChI=1S/C24H25ClN4O3/c1-27-8-10-28(11-9-27)24(30)22-17-12-15-13-20(31-2)21(32-3)14-16(15)23(17)29(26-22)19-7-5-4-6-18(19)25/h4-7,13-14H,8-12H2,1-3H3. The topological polar surface area (TPSA) is 59.8 Å². The van der Waals surface area contributed by atoms with Crippen LogP contribution in [-0.2, 0) is 6.42 Å². The zero-order valence-corrected chi connectivity index (χ0v) is 19.1. The van der Waals surface area contributed by atoms with Crippen molar-refractivity contribution in [2.45, 2.75) is 6.42 Å². The number of halogens is 1. The maximum atomic E-state index is 13.5. The van der Waals surface area contributed by atoms with Gasteiger partial charge < -0.3 is 19.3 Å². The van der Waals surface area contributed by atoms with Gasteiger partial charge in [0, 0.05) is 43.7 Å². The van der Waals surface area contributed by atoms with Crippen molar-refractivity contribution in [2.24, 2.45) is 0 Å². The molecule has 1 amide bonds. The minimum absolute atomic E-state index is 0.0353. The van der Waals surface area contributed by atoms with Crippen molar-refractivity contribution in [1.82, 2.24) is 19.6 Å². The Morgan fingerprint density at radius 3 is 2.41 bits per heavy atom. The summed E-state index contributed by atoms with van der Waals surface area (Å²) in [7, 11) is 5.32. The zero-order chi connectivity index (χ0) is 22.4. The largest absolute Gasteiger partial charge is 0.493 e. The Hall–Kier alpha value is -3.03. The lowest BCUT2D eigenvalue weighted by atomic mass is 10.1. The number of para-hydroxylation sites is 1. The van der Waals surface area contributed by atoms with Gasteiger partial charge >= 0.3 is 0 Å². The lowest BCUT2D eigenvalue weighted by molar-refractivity contribution is 0.0657. The first-order valence-electron chi connectivity index (χ1n) is 10.6. The number of hydrogen-bond acceptors (Lipinski definition) is 5. The van der Waals surface area contributed by atoms with Crippen LogP contribution in [0.4, 0.5) is 0 Å². The molecule has 0 saturated carbocycles. The third kappa shape index (κ3) is 3.32. The van der Waals surface area contributed by atoms with E-state index in [4.69, 9.17) is 26.2 Å². The highest BCUT2D eigenvalue weighted by Gasteiger charge is 2.34. The van der Waals surface area contributed by atoms with Crippen LogP contribution in [0.5, 0.6) is 11.5 Å². The van der Waals surface area contributed by atoms with E-state index in [1.165, 1.54) is 0 Å². The number of ether oxygens (including phenoxy) is 2. The number of benzene rings is 2. The van der Waals surface area contributed by atoms with Crippen LogP contribution in [0.1, 0.15) is 21.6 Å². The van der Waals surface area contributed by atoms with Gasteiger partial charge in [0.2, 0.25) is 0 Å². The Balaban J connectivity index is 1.67. The number of likely N-dealkylation sites (N-methyl/N-ethyl adjacent to an activating group) is 1. The molecule has 0 radical (unpaired) electrons. The molecule has 0 spiro atoms. The number of methoxy groups -OCH3 is 2. The average Bonchev–Trinajstić information content (AvgIpc) is 3.35. The summed E-state index contributed by atoms with van der Waals surface area (Å²) in [5.41, 5.74) is 5.07. The smallest absolute Gasteiger partial charge is 0.274 e. The number of aromatic nitrogens is 2. The fourth-order valence-corrected chi connectivity index (χ4v) is 4.72. The first kappa shape index (κ1) is 20.8. The Bertz CT molecular complexity index is 1200. The minimum atomic E-state index is -0.0353. The van der Waals surface area contributed by atoms with Crippen molar-refractivity contribution < 1.29 is 14.3 Å². The van der Waals surface area contributed by atoms with Crippen LogP contribution in [0.15, 0.2) is 36.4 Å². The molecule has 1 fully saturated rings. The van der Waals surface area contributed by atoms with Crippen LogP contribution in [0.3, 0.4) is 0 Å². The SMILES string of the molecule is COc1cc2c(cc1OC)-c1c(c(C(=O)N3CCN(C)CC3)nn1-c1ccccc1Cl)C2. The van der Waals surface area contributed by atoms with Crippen molar-refractivity contribution in [3.05, 3.63) is 58.2 Å². The first-order chi connectivity index (χ1) is 15.5. The summed E-state index contributed by atoms with van der Waals surface area (Å²) < 4.78 is 12.9. The summed E-state index contributed by atoms with van der Waals surface area (Å²) in [6, 6.07) is 11.5. The normalized spacial score (nSPS) is 15.4. The van der Waals surface area contributed by atoms with E-state index in [0.29, 0.717) is 41.7 Å². The summed E-state index contributed by atoms with van der Waals surface area (Å²) in [6.07, 6.45) is 0.601. The molecule has 8 heteroatoms. The van der Waals surface area contributed by atoms with E-state index in [0.717, 1.165) is 41.2 Å². The van der Waals surface area contributed by atoms with Crippen molar-refractivity contribution in [2.75, 3.05) is 47.4 Å². The first-order valence-corrected chi connectivity index (χ1v) is 11.0. The second kappa shape index (κ2) is 8.15. The van der Waals surface area contributed by atoms with Gasteiger partial charge in [-0.2, -0.15) is 5.10 Å². The van der Waals surface area contributed by atoms with Crippen molar-refractivity contribution >= 4 is 17.5 Å². The Morgan fingerprint density at radius 1 is 1.03 bits per heavy atom.